The molecule has 1 atom stereocenters. The molecule has 1 unspecified atom stereocenters. The molecule has 0 spiro atoms. The third-order valence-electron chi connectivity index (χ3n) is 3.53. The molecule has 1 N–H and O–H groups in total. The Morgan fingerprint density at radius 1 is 1.53 bits per heavy atom. The van der Waals surface area contributed by atoms with Gasteiger partial charge in [0.25, 0.3) is 5.91 Å². The number of halogens is 2. The molecule has 19 heavy (non-hydrogen) atoms. The summed E-state index contributed by atoms with van der Waals surface area (Å²) < 4.78 is 14.2. The van der Waals surface area contributed by atoms with E-state index in [-0.39, 0.29) is 18.1 Å². The van der Waals surface area contributed by atoms with Gasteiger partial charge in [0.15, 0.2) is 0 Å². The van der Waals surface area contributed by atoms with Gasteiger partial charge in [-0.3, -0.25) is 4.79 Å². The molecular weight excluding hydrogens is 313 g/mol. The Morgan fingerprint density at radius 2 is 2.32 bits per heavy atom. The zero-order valence-corrected chi connectivity index (χ0v) is 12.2. The van der Waals surface area contributed by atoms with Crippen molar-refractivity contribution in [1.82, 2.24) is 4.90 Å². The van der Waals surface area contributed by atoms with Crippen molar-refractivity contribution in [3.63, 3.8) is 0 Å². The highest BCUT2D eigenvalue weighted by atomic mass is 79.9. The highest BCUT2D eigenvalue weighted by Gasteiger charge is 2.26. The van der Waals surface area contributed by atoms with Crippen LogP contribution in [0, 0.1) is 11.7 Å². The Bertz CT molecular complexity index is 465. The van der Waals surface area contributed by atoms with Crippen LogP contribution < -0.4 is 0 Å². The molecule has 1 fully saturated rings. The predicted molar refractivity (Wildman–Crippen MR) is 74.4 cm³/mol. The first-order chi connectivity index (χ1) is 9.13. The van der Waals surface area contributed by atoms with Crippen LogP contribution in [-0.4, -0.2) is 35.6 Å². The van der Waals surface area contributed by atoms with E-state index in [9.17, 15) is 9.18 Å². The van der Waals surface area contributed by atoms with Crippen molar-refractivity contribution in [2.75, 3.05) is 19.7 Å². The molecule has 0 radical (unpaired) electrons. The summed E-state index contributed by atoms with van der Waals surface area (Å²) in [5.41, 5.74) is 0.110. The van der Waals surface area contributed by atoms with Crippen LogP contribution in [0.1, 0.15) is 29.6 Å². The van der Waals surface area contributed by atoms with Crippen LogP contribution in [0.15, 0.2) is 22.7 Å². The molecule has 1 aliphatic rings. The Balaban J connectivity index is 2.12. The van der Waals surface area contributed by atoms with E-state index in [4.69, 9.17) is 5.11 Å². The number of nitrogens with zero attached hydrogens (tertiary/aromatic N) is 1. The van der Waals surface area contributed by atoms with E-state index in [0.29, 0.717) is 29.9 Å². The Labute approximate surface area is 120 Å². The molecule has 1 aromatic carbocycles. The first kappa shape index (κ1) is 14.5. The van der Waals surface area contributed by atoms with Crippen molar-refractivity contribution >= 4 is 21.8 Å². The number of amides is 1. The molecule has 1 aliphatic heterocycles. The summed E-state index contributed by atoms with van der Waals surface area (Å²) in [4.78, 5) is 14.0. The molecular formula is C14H17BrFNO2. The molecule has 0 bridgehead atoms. The number of benzene rings is 1. The fourth-order valence-electron chi connectivity index (χ4n) is 2.51. The Hall–Kier alpha value is -0.940. The standard InChI is InChI=1S/C14H17BrFNO2/c15-12-5-1-4-11(13(12)16)14(19)17-7-2-3-10(9-17)6-8-18/h1,4-5,10,18H,2-3,6-9H2. The molecule has 5 heteroatoms. The normalized spacial score (nSPS) is 19.5. The van der Waals surface area contributed by atoms with Crippen molar-refractivity contribution in [2.24, 2.45) is 5.92 Å². The van der Waals surface area contributed by atoms with Gasteiger partial charge in [0, 0.05) is 19.7 Å². The van der Waals surface area contributed by atoms with E-state index in [2.05, 4.69) is 15.9 Å². The third-order valence-corrected chi connectivity index (χ3v) is 4.14. The van der Waals surface area contributed by atoms with E-state index < -0.39 is 5.82 Å². The van der Waals surface area contributed by atoms with Gasteiger partial charge in [-0.1, -0.05) is 6.07 Å². The minimum absolute atomic E-state index is 0.110. The zero-order chi connectivity index (χ0) is 13.8. The second-order valence-corrected chi connectivity index (χ2v) is 5.73. The molecule has 0 saturated carbocycles. The number of hydrogen-bond donors (Lipinski definition) is 1. The number of carbonyl (C=O) groups is 1. The summed E-state index contributed by atoms with van der Waals surface area (Å²) in [5.74, 6) is -0.448. The lowest BCUT2D eigenvalue weighted by molar-refractivity contribution is 0.0649. The van der Waals surface area contributed by atoms with E-state index >= 15 is 0 Å². The summed E-state index contributed by atoms with van der Waals surface area (Å²) in [6, 6.07) is 4.75. The summed E-state index contributed by atoms with van der Waals surface area (Å²) >= 11 is 3.10. The first-order valence-electron chi connectivity index (χ1n) is 6.47. The third kappa shape index (κ3) is 3.34. The number of hydrogen-bond acceptors (Lipinski definition) is 2. The van der Waals surface area contributed by atoms with Gasteiger partial charge < -0.3 is 10.0 Å². The molecule has 0 aromatic heterocycles. The van der Waals surface area contributed by atoms with E-state index in [1.54, 1.807) is 17.0 Å². The predicted octanol–water partition coefficient (Wildman–Crippen LogP) is 2.82. The van der Waals surface area contributed by atoms with Crippen molar-refractivity contribution in [3.8, 4) is 0 Å². The average Bonchev–Trinajstić information content (AvgIpc) is 2.42. The molecule has 1 aromatic rings. The van der Waals surface area contributed by atoms with Crippen LogP contribution in [-0.2, 0) is 0 Å². The number of aliphatic hydroxyl groups is 1. The van der Waals surface area contributed by atoms with Crippen LogP contribution >= 0.6 is 15.9 Å². The maximum atomic E-state index is 13.9. The highest BCUT2D eigenvalue weighted by molar-refractivity contribution is 9.10. The number of carbonyl (C=O) groups excluding carboxylic acids is 1. The summed E-state index contributed by atoms with van der Waals surface area (Å²) in [6.07, 6.45) is 2.63. The lowest BCUT2D eigenvalue weighted by atomic mass is 9.94. The Kier molecular flexibility index (Phi) is 4.93. The first-order valence-corrected chi connectivity index (χ1v) is 7.27. The lowest BCUT2D eigenvalue weighted by Gasteiger charge is -2.32. The van der Waals surface area contributed by atoms with Gasteiger partial charge in [-0.15, -0.1) is 0 Å². The molecule has 1 heterocycles. The van der Waals surface area contributed by atoms with E-state index in [1.807, 2.05) is 0 Å². The monoisotopic (exact) mass is 329 g/mol. The van der Waals surface area contributed by atoms with Crippen LogP contribution in [0.3, 0.4) is 0 Å². The minimum Gasteiger partial charge on any atom is -0.396 e. The van der Waals surface area contributed by atoms with Crippen molar-refractivity contribution < 1.29 is 14.3 Å². The maximum absolute atomic E-state index is 13.9. The zero-order valence-electron chi connectivity index (χ0n) is 10.6. The summed E-state index contributed by atoms with van der Waals surface area (Å²) in [5, 5.41) is 8.97. The lowest BCUT2D eigenvalue weighted by Crippen LogP contribution is -2.40. The molecule has 1 saturated heterocycles. The average molecular weight is 330 g/mol. The summed E-state index contributed by atoms with van der Waals surface area (Å²) in [6.45, 7) is 1.40. The van der Waals surface area contributed by atoms with Crippen LogP contribution in [0.5, 0.6) is 0 Å². The van der Waals surface area contributed by atoms with Crippen LogP contribution in [0.25, 0.3) is 0 Å². The van der Waals surface area contributed by atoms with Crippen molar-refractivity contribution in [3.05, 3.63) is 34.1 Å². The number of likely N-dealkylation sites (tertiary alicyclic amines) is 1. The SMILES string of the molecule is O=C(c1cccc(Br)c1F)N1CCCC(CCO)C1. The highest BCUT2D eigenvalue weighted by Crippen LogP contribution is 2.24. The van der Waals surface area contributed by atoms with Crippen molar-refractivity contribution in [1.29, 1.82) is 0 Å². The smallest absolute Gasteiger partial charge is 0.256 e. The molecule has 104 valence electrons. The van der Waals surface area contributed by atoms with Gasteiger partial charge >= 0.3 is 0 Å². The molecule has 3 nitrogen and oxygen atoms in total. The van der Waals surface area contributed by atoms with Crippen LogP contribution in [0.2, 0.25) is 0 Å². The van der Waals surface area contributed by atoms with Gasteiger partial charge in [0.05, 0.1) is 10.0 Å². The van der Waals surface area contributed by atoms with Crippen LogP contribution in [0.4, 0.5) is 4.39 Å². The minimum atomic E-state index is -0.503. The van der Waals surface area contributed by atoms with Gasteiger partial charge in [0.2, 0.25) is 0 Å². The number of aliphatic hydroxyl groups excluding tert-OH is 1. The number of piperidine rings is 1. The molecule has 2 rings (SSSR count). The second kappa shape index (κ2) is 6.48. The molecule has 0 aliphatic carbocycles. The Morgan fingerprint density at radius 3 is 3.05 bits per heavy atom. The fraction of sp³-hybridized carbons (Fsp3) is 0.500. The van der Waals surface area contributed by atoms with Gasteiger partial charge in [0.1, 0.15) is 5.82 Å². The van der Waals surface area contributed by atoms with Gasteiger partial charge in [-0.25, -0.2) is 4.39 Å². The molecule has 1 amide bonds. The largest absolute Gasteiger partial charge is 0.396 e. The second-order valence-electron chi connectivity index (χ2n) is 4.87. The van der Waals surface area contributed by atoms with Gasteiger partial charge in [-0.05, 0) is 53.2 Å². The fourth-order valence-corrected chi connectivity index (χ4v) is 2.87. The van der Waals surface area contributed by atoms with Gasteiger partial charge in [-0.2, -0.15) is 0 Å². The van der Waals surface area contributed by atoms with E-state index in [1.165, 1.54) is 6.07 Å². The maximum Gasteiger partial charge on any atom is 0.256 e. The quantitative estimate of drug-likeness (QED) is 0.926. The topological polar surface area (TPSA) is 40.5 Å². The summed E-state index contributed by atoms with van der Waals surface area (Å²) in [7, 11) is 0. The van der Waals surface area contributed by atoms with Crippen molar-refractivity contribution in [2.45, 2.75) is 19.3 Å². The van der Waals surface area contributed by atoms with E-state index in [0.717, 1.165) is 12.8 Å². The number of rotatable bonds is 3.